The van der Waals surface area contributed by atoms with Crippen LogP contribution in [0, 0.1) is 4.64 Å². The molecule has 0 unspecified atom stereocenters. The number of hydrogen-bond donors (Lipinski definition) is 1. The van der Waals surface area contributed by atoms with E-state index in [9.17, 15) is 0 Å². The van der Waals surface area contributed by atoms with Gasteiger partial charge in [-0.3, -0.25) is 0 Å². The van der Waals surface area contributed by atoms with Crippen molar-refractivity contribution in [1.29, 1.82) is 0 Å². The molecule has 0 spiro atoms. The van der Waals surface area contributed by atoms with Crippen LogP contribution in [0.15, 0.2) is 27.5 Å². The maximum absolute atomic E-state index is 5.15. The zero-order chi connectivity index (χ0) is 11.5. The van der Waals surface area contributed by atoms with E-state index in [4.69, 9.17) is 21.4 Å². The van der Waals surface area contributed by atoms with Crippen molar-refractivity contribution in [2.24, 2.45) is 0 Å². The maximum Gasteiger partial charge on any atom is 0.144 e. The number of rotatable bonds is 3. The number of nitrogens with zero attached hydrogens (tertiary/aromatic N) is 1. The molecule has 84 valence electrons. The van der Waals surface area contributed by atoms with Crippen molar-refractivity contribution in [1.82, 2.24) is 9.97 Å². The molecule has 0 saturated carbocycles. The zero-order valence-corrected chi connectivity index (χ0v) is 10.9. The fraction of sp³-hybridized carbons (Fsp3) is 0.200. The summed E-state index contributed by atoms with van der Waals surface area (Å²) < 4.78 is 11.3. The molecule has 0 aromatic carbocycles. The molecule has 6 heteroatoms. The minimum Gasteiger partial charge on any atom is -0.472 e. The molecule has 0 atom stereocenters. The van der Waals surface area contributed by atoms with Crippen LogP contribution in [0.5, 0.6) is 0 Å². The lowest BCUT2D eigenvalue weighted by Gasteiger charge is -2.06. The van der Waals surface area contributed by atoms with Crippen molar-refractivity contribution in [3.8, 4) is 11.4 Å². The Bertz CT molecular complexity index is 536. The predicted octanol–water partition coefficient (Wildman–Crippen LogP) is 3.31. The first-order valence-electron chi connectivity index (χ1n) is 4.52. The monoisotopic (exact) mass is 300 g/mol. The average Bonchev–Trinajstić information content (AvgIpc) is 2.78. The summed E-state index contributed by atoms with van der Waals surface area (Å²) in [5.41, 5.74) is 1.72. The molecule has 1 N–H and O–H groups in total. The van der Waals surface area contributed by atoms with E-state index in [1.54, 1.807) is 19.6 Å². The lowest BCUT2D eigenvalue weighted by Crippen LogP contribution is -1.99. The second kappa shape index (κ2) is 4.90. The standard InChI is InChI=1S/C10H9BrN2O2S/c1-14-5-7-8(11)10(16)13-9(12-7)6-2-3-15-4-6/h2-4H,5H2,1H3,(H,12,13,16). The van der Waals surface area contributed by atoms with Gasteiger partial charge in [0.25, 0.3) is 0 Å². The van der Waals surface area contributed by atoms with Gasteiger partial charge in [0.2, 0.25) is 0 Å². The third-order valence-corrected chi connectivity index (χ3v) is 3.43. The van der Waals surface area contributed by atoms with Gasteiger partial charge in [0.1, 0.15) is 16.7 Å². The summed E-state index contributed by atoms with van der Waals surface area (Å²) in [6, 6.07) is 1.82. The van der Waals surface area contributed by atoms with E-state index in [0.29, 0.717) is 17.1 Å². The van der Waals surface area contributed by atoms with Crippen molar-refractivity contribution in [3.63, 3.8) is 0 Å². The van der Waals surface area contributed by atoms with E-state index in [1.807, 2.05) is 6.07 Å². The van der Waals surface area contributed by atoms with Gasteiger partial charge >= 0.3 is 0 Å². The SMILES string of the molecule is COCc1[nH]c(-c2ccoc2)nc(=S)c1Br. The topological polar surface area (TPSA) is 51.0 Å². The summed E-state index contributed by atoms with van der Waals surface area (Å²) in [5, 5.41) is 0. The molecule has 2 aromatic rings. The van der Waals surface area contributed by atoms with E-state index >= 15 is 0 Å². The lowest BCUT2D eigenvalue weighted by atomic mass is 10.3. The van der Waals surface area contributed by atoms with E-state index in [2.05, 4.69) is 25.9 Å². The van der Waals surface area contributed by atoms with Crippen molar-refractivity contribution < 1.29 is 9.15 Å². The number of H-pyrrole nitrogens is 1. The minimum atomic E-state index is 0.442. The highest BCUT2D eigenvalue weighted by Gasteiger charge is 2.08. The summed E-state index contributed by atoms with van der Waals surface area (Å²) >= 11 is 8.53. The number of ether oxygens (including phenoxy) is 1. The molecule has 0 saturated heterocycles. The van der Waals surface area contributed by atoms with Gasteiger partial charge < -0.3 is 14.1 Å². The first kappa shape index (κ1) is 11.5. The Morgan fingerprint density at radius 3 is 3.06 bits per heavy atom. The first-order valence-corrected chi connectivity index (χ1v) is 5.72. The molecule has 0 amide bonds. The van der Waals surface area contributed by atoms with Gasteiger partial charge in [-0.05, 0) is 22.0 Å². The maximum atomic E-state index is 5.15. The first-order chi connectivity index (χ1) is 7.72. The molecule has 0 fully saturated rings. The van der Waals surface area contributed by atoms with Crippen LogP contribution in [0.1, 0.15) is 5.69 Å². The Morgan fingerprint density at radius 2 is 2.44 bits per heavy atom. The number of furan rings is 1. The number of aromatic amines is 1. The Hall–Kier alpha value is -0.980. The Labute approximate surface area is 106 Å². The van der Waals surface area contributed by atoms with Gasteiger partial charge in [-0.15, -0.1) is 0 Å². The number of nitrogens with one attached hydrogen (secondary N) is 1. The summed E-state index contributed by atoms with van der Waals surface area (Å²) in [6.07, 6.45) is 3.20. The molecule has 0 bridgehead atoms. The molecule has 2 aromatic heterocycles. The third kappa shape index (κ3) is 2.23. The van der Waals surface area contributed by atoms with Crippen LogP contribution in [0.4, 0.5) is 0 Å². The zero-order valence-electron chi connectivity index (χ0n) is 8.49. The van der Waals surface area contributed by atoms with Gasteiger partial charge in [0.15, 0.2) is 0 Å². The van der Waals surface area contributed by atoms with Crippen LogP contribution in [0.25, 0.3) is 11.4 Å². The van der Waals surface area contributed by atoms with E-state index in [1.165, 1.54) is 0 Å². The Kier molecular flexibility index (Phi) is 3.52. The largest absolute Gasteiger partial charge is 0.472 e. The molecule has 0 aliphatic heterocycles. The van der Waals surface area contributed by atoms with Crippen LogP contribution < -0.4 is 0 Å². The normalized spacial score (nSPS) is 10.6. The predicted molar refractivity (Wildman–Crippen MR) is 65.5 cm³/mol. The van der Waals surface area contributed by atoms with Crippen molar-refractivity contribution >= 4 is 28.1 Å². The highest BCUT2D eigenvalue weighted by molar-refractivity contribution is 9.10. The van der Waals surface area contributed by atoms with Gasteiger partial charge in [0, 0.05) is 7.11 Å². The lowest BCUT2D eigenvalue weighted by molar-refractivity contribution is 0.181. The Balaban J connectivity index is 2.53. The smallest absolute Gasteiger partial charge is 0.144 e. The van der Waals surface area contributed by atoms with Gasteiger partial charge in [-0.2, -0.15) is 0 Å². The highest BCUT2D eigenvalue weighted by atomic mass is 79.9. The van der Waals surface area contributed by atoms with Crippen LogP contribution in [0.2, 0.25) is 0 Å². The summed E-state index contributed by atoms with van der Waals surface area (Å²) in [6.45, 7) is 0.442. The average molecular weight is 301 g/mol. The number of aromatic nitrogens is 2. The Morgan fingerprint density at radius 1 is 1.62 bits per heavy atom. The van der Waals surface area contributed by atoms with E-state index in [-0.39, 0.29) is 0 Å². The summed E-state index contributed by atoms with van der Waals surface area (Å²) in [4.78, 5) is 7.40. The molecule has 16 heavy (non-hydrogen) atoms. The van der Waals surface area contributed by atoms with E-state index < -0.39 is 0 Å². The van der Waals surface area contributed by atoms with Crippen molar-refractivity contribution in [2.45, 2.75) is 6.61 Å². The van der Waals surface area contributed by atoms with Gasteiger partial charge in [-0.1, -0.05) is 12.2 Å². The van der Waals surface area contributed by atoms with Gasteiger partial charge in [-0.25, -0.2) is 4.98 Å². The van der Waals surface area contributed by atoms with Gasteiger partial charge in [0.05, 0.1) is 28.6 Å². The van der Waals surface area contributed by atoms with Crippen LogP contribution in [-0.2, 0) is 11.3 Å². The molecule has 0 radical (unpaired) electrons. The molecule has 0 aliphatic carbocycles. The fourth-order valence-corrected chi connectivity index (χ4v) is 1.80. The minimum absolute atomic E-state index is 0.442. The molecule has 2 heterocycles. The highest BCUT2D eigenvalue weighted by Crippen LogP contribution is 2.21. The van der Waals surface area contributed by atoms with Crippen LogP contribution in [-0.4, -0.2) is 17.1 Å². The fourth-order valence-electron chi connectivity index (χ4n) is 1.29. The van der Waals surface area contributed by atoms with Crippen molar-refractivity contribution in [2.75, 3.05) is 7.11 Å². The van der Waals surface area contributed by atoms with Crippen molar-refractivity contribution in [3.05, 3.63) is 33.4 Å². The second-order valence-corrected chi connectivity index (χ2v) is 4.31. The van der Waals surface area contributed by atoms with Crippen LogP contribution in [0.3, 0.4) is 0 Å². The van der Waals surface area contributed by atoms with Crippen LogP contribution >= 0.6 is 28.1 Å². The summed E-state index contributed by atoms with van der Waals surface area (Å²) in [7, 11) is 1.63. The number of hydrogen-bond acceptors (Lipinski definition) is 4. The number of methoxy groups -OCH3 is 1. The molecule has 4 nitrogen and oxygen atoms in total. The molecule has 2 rings (SSSR count). The van der Waals surface area contributed by atoms with E-state index in [0.717, 1.165) is 15.7 Å². The molecule has 0 aliphatic rings. The third-order valence-electron chi connectivity index (χ3n) is 2.02. The molecular weight excluding hydrogens is 292 g/mol. The number of halogens is 1. The second-order valence-electron chi connectivity index (χ2n) is 3.13. The molecular formula is C10H9BrN2O2S. The quantitative estimate of drug-likeness (QED) is 0.884. The summed E-state index contributed by atoms with van der Waals surface area (Å²) in [5.74, 6) is 0.675.